The average Bonchev–Trinajstić information content (AvgIpc) is 2.36. The van der Waals surface area contributed by atoms with Gasteiger partial charge in [-0.15, -0.1) is 12.4 Å². The molecule has 1 heterocycles. The maximum atomic E-state index is 12.3. The third kappa shape index (κ3) is 6.56. The minimum atomic E-state index is 0. The first-order chi connectivity index (χ1) is 8.54. The maximum absolute atomic E-state index is 12.3. The summed E-state index contributed by atoms with van der Waals surface area (Å²) in [7, 11) is 1.67. The minimum absolute atomic E-state index is 0. The van der Waals surface area contributed by atoms with Crippen LogP contribution in [0.5, 0.6) is 0 Å². The van der Waals surface area contributed by atoms with Crippen LogP contribution < -0.4 is 5.32 Å². The number of carbonyl (C=O) groups excluding carboxylic acids is 1. The Bertz CT molecular complexity index is 258. The second-order valence-electron chi connectivity index (χ2n) is 5.12. The summed E-state index contributed by atoms with van der Waals surface area (Å²) in [4.78, 5) is 14.2. The third-order valence-corrected chi connectivity index (χ3v) is 3.22. The van der Waals surface area contributed by atoms with Crippen LogP contribution in [0.25, 0.3) is 0 Å². The first-order valence-electron chi connectivity index (χ1n) is 6.68. The molecular weight excluding hydrogens is 268 g/mol. The van der Waals surface area contributed by atoms with Gasteiger partial charge in [0.2, 0.25) is 5.91 Å². The van der Waals surface area contributed by atoms with Gasteiger partial charge < -0.3 is 19.7 Å². The normalized spacial score (nSPS) is 20.8. The predicted molar refractivity (Wildman–Crippen MR) is 77.8 cm³/mol. The van der Waals surface area contributed by atoms with E-state index < -0.39 is 0 Å². The van der Waals surface area contributed by atoms with E-state index in [0.29, 0.717) is 19.6 Å². The quantitative estimate of drug-likeness (QED) is 0.796. The van der Waals surface area contributed by atoms with Gasteiger partial charge in [-0.1, -0.05) is 0 Å². The number of nitrogens with one attached hydrogen (secondary N) is 1. The molecule has 0 spiro atoms. The standard InChI is InChI=1S/C13H26N2O3.ClH/c1-10(2)15(8-11(3)17-4)13(16)7-12-9-18-6-5-14-12;/h10-12,14H,5-9H2,1-4H3;1H. The third-order valence-electron chi connectivity index (χ3n) is 3.22. The van der Waals surface area contributed by atoms with E-state index in [0.717, 1.165) is 13.2 Å². The molecule has 1 fully saturated rings. The van der Waals surface area contributed by atoms with E-state index in [2.05, 4.69) is 5.32 Å². The fourth-order valence-corrected chi connectivity index (χ4v) is 2.03. The summed E-state index contributed by atoms with van der Waals surface area (Å²) in [6.07, 6.45) is 0.557. The lowest BCUT2D eigenvalue weighted by Gasteiger charge is -2.31. The maximum Gasteiger partial charge on any atom is 0.224 e. The van der Waals surface area contributed by atoms with Crippen molar-refractivity contribution in [2.75, 3.05) is 33.4 Å². The van der Waals surface area contributed by atoms with Gasteiger partial charge in [0.15, 0.2) is 0 Å². The first-order valence-corrected chi connectivity index (χ1v) is 6.68. The molecule has 0 radical (unpaired) electrons. The van der Waals surface area contributed by atoms with Crippen LogP contribution in [-0.4, -0.2) is 62.4 Å². The van der Waals surface area contributed by atoms with Gasteiger partial charge in [-0.2, -0.15) is 0 Å². The van der Waals surface area contributed by atoms with Crippen molar-refractivity contribution in [2.24, 2.45) is 0 Å². The highest BCUT2D eigenvalue weighted by molar-refractivity contribution is 5.85. The number of carbonyl (C=O) groups is 1. The Balaban J connectivity index is 0.00000324. The van der Waals surface area contributed by atoms with Crippen molar-refractivity contribution in [1.29, 1.82) is 0 Å². The van der Waals surface area contributed by atoms with Gasteiger partial charge in [-0.3, -0.25) is 4.79 Å². The largest absolute Gasteiger partial charge is 0.380 e. The van der Waals surface area contributed by atoms with E-state index in [-0.39, 0.29) is 36.5 Å². The number of amides is 1. The molecule has 0 aromatic heterocycles. The molecule has 5 nitrogen and oxygen atoms in total. The highest BCUT2D eigenvalue weighted by atomic mass is 35.5. The minimum Gasteiger partial charge on any atom is -0.380 e. The number of hydrogen-bond donors (Lipinski definition) is 1. The number of rotatable bonds is 6. The summed E-state index contributed by atoms with van der Waals surface area (Å²) in [6.45, 7) is 8.87. The molecule has 1 amide bonds. The van der Waals surface area contributed by atoms with E-state index in [1.807, 2.05) is 25.7 Å². The summed E-state index contributed by atoms with van der Waals surface area (Å²) in [5.74, 6) is 0.164. The number of halogens is 1. The van der Waals surface area contributed by atoms with Gasteiger partial charge in [0, 0.05) is 38.7 Å². The van der Waals surface area contributed by atoms with Gasteiger partial charge in [0.05, 0.1) is 19.3 Å². The van der Waals surface area contributed by atoms with Crippen LogP contribution in [0, 0.1) is 0 Å². The van der Waals surface area contributed by atoms with Gasteiger partial charge in [0.25, 0.3) is 0 Å². The van der Waals surface area contributed by atoms with Crippen molar-refractivity contribution in [2.45, 2.75) is 45.4 Å². The zero-order valence-electron chi connectivity index (χ0n) is 12.3. The number of ether oxygens (including phenoxy) is 2. The zero-order chi connectivity index (χ0) is 13.5. The smallest absolute Gasteiger partial charge is 0.224 e. The fraction of sp³-hybridized carbons (Fsp3) is 0.923. The first kappa shape index (κ1) is 18.6. The summed E-state index contributed by atoms with van der Waals surface area (Å²) < 4.78 is 10.6. The summed E-state index contributed by atoms with van der Waals surface area (Å²) in [5, 5.41) is 3.31. The lowest BCUT2D eigenvalue weighted by atomic mass is 10.1. The summed E-state index contributed by atoms with van der Waals surface area (Å²) in [5.41, 5.74) is 0. The van der Waals surface area contributed by atoms with Gasteiger partial charge in [0.1, 0.15) is 0 Å². The Hall–Kier alpha value is -0.360. The molecule has 1 aliphatic rings. The highest BCUT2D eigenvalue weighted by Crippen LogP contribution is 2.08. The van der Waals surface area contributed by atoms with Crippen molar-refractivity contribution >= 4 is 18.3 Å². The molecule has 1 aliphatic heterocycles. The van der Waals surface area contributed by atoms with Crippen molar-refractivity contribution < 1.29 is 14.3 Å². The van der Waals surface area contributed by atoms with E-state index in [9.17, 15) is 4.79 Å². The monoisotopic (exact) mass is 294 g/mol. The molecule has 1 saturated heterocycles. The predicted octanol–water partition coefficient (Wildman–Crippen LogP) is 1.06. The lowest BCUT2D eigenvalue weighted by molar-refractivity contribution is -0.135. The van der Waals surface area contributed by atoms with Crippen LogP contribution in [0.4, 0.5) is 0 Å². The van der Waals surface area contributed by atoms with Crippen LogP contribution in [0.15, 0.2) is 0 Å². The van der Waals surface area contributed by atoms with Crippen LogP contribution in [0.1, 0.15) is 27.2 Å². The second-order valence-corrected chi connectivity index (χ2v) is 5.12. The van der Waals surface area contributed by atoms with E-state index in [1.165, 1.54) is 0 Å². The molecule has 0 aliphatic carbocycles. The molecule has 0 saturated carbocycles. The van der Waals surface area contributed by atoms with Crippen LogP contribution in [0.2, 0.25) is 0 Å². The summed E-state index contributed by atoms with van der Waals surface area (Å²) >= 11 is 0. The van der Waals surface area contributed by atoms with Crippen LogP contribution in [0.3, 0.4) is 0 Å². The van der Waals surface area contributed by atoms with Gasteiger partial charge >= 0.3 is 0 Å². The Morgan fingerprint density at radius 2 is 2.16 bits per heavy atom. The lowest BCUT2D eigenvalue weighted by Crippen LogP contribution is -2.48. The highest BCUT2D eigenvalue weighted by Gasteiger charge is 2.23. The Morgan fingerprint density at radius 3 is 2.63 bits per heavy atom. The summed E-state index contributed by atoms with van der Waals surface area (Å²) in [6, 6.07) is 0.338. The molecule has 19 heavy (non-hydrogen) atoms. The molecule has 0 bridgehead atoms. The molecule has 0 aromatic carbocycles. The molecule has 114 valence electrons. The Labute approximate surface area is 122 Å². The SMILES string of the molecule is COC(C)CN(C(=O)CC1COCCN1)C(C)C.Cl. The number of nitrogens with zero attached hydrogens (tertiary/aromatic N) is 1. The van der Waals surface area contributed by atoms with Crippen LogP contribution >= 0.6 is 12.4 Å². The Kier molecular flexibility index (Phi) is 9.35. The molecule has 1 N–H and O–H groups in total. The molecule has 0 aromatic rings. The molecule has 6 heteroatoms. The molecule has 1 rings (SSSR count). The molecule has 2 atom stereocenters. The molecule has 2 unspecified atom stereocenters. The number of morpholine rings is 1. The van der Waals surface area contributed by atoms with Crippen molar-refractivity contribution in [3.63, 3.8) is 0 Å². The topological polar surface area (TPSA) is 50.8 Å². The van der Waals surface area contributed by atoms with E-state index >= 15 is 0 Å². The second kappa shape index (κ2) is 9.53. The van der Waals surface area contributed by atoms with Crippen molar-refractivity contribution in [3.8, 4) is 0 Å². The van der Waals surface area contributed by atoms with E-state index in [1.54, 1.807) is 7.11 Å². The average molecular weight is 295 g/mol. The van der Waals surface area contributed by atoms with Crippen molar-refractivity contribution in [1.82, 2.24) is 10.2 Å². The van der Waals surface area contributed by atoms with E-state index in [4.69, 9.17) is 9.47 Å². The Morgan fingerprint density at radius 1 is 1.47 bits per heavy atom. The molecular formula is C13H27ClN2O3. The van der Waals surface area contributed by atoms with Gasteiger partial charge in [-0.05, 0) is 20.8 Å². The van der Waals surface area contributed by atoms with Crippen LogP contribution in [-0.2, 0) is 14.3 Å². The zero-order valence-corrected chi connectivity index (χ0v) is 13.2. The number of methoxy groups -OCH3 is 1. The van der Waals surface area contributed by atoms with Crippen molar-refractivity contribution in [3.05, 3.63) is 0 Å². The number of hydrogen-bond acceptors (Lipinski definition) is 4. The van der Waals surface area contributed by atoms with Gasteiger partial charge in [-0.25, -0.2) is 0 Å². The fourth-order valence-electron chi connectivity index (χ4n) is 2.03.